The maximum atomic E-state index is 14.1. The smallest absolute Gasteiger partial charge is 0.161 e. The highest BCUT2D eigenvalue weighted by atomic mass is 32.1. The van der Waals surface area contributed by atoms with Crippen molar-refractivity contribution >= 4 is 11.3 Å². The maximum Gasteiger partial charge on any atom is 0.161 e. The molecule has 2 nitrogen and oxygen atoms in total. The minimum atomic E-state index is -1.15. The van der Waals surface area contributed by atoms with E-state index in [4.69, 9.17) is 5.73 Å². The van der Waals surface area contributed by atoms with Crippen LogP contribution in [0.4, 0.5) is 13.2 Å². The van der Waals surface area contributed by atoms with E-state index in [0.717, 1.165) is 38.5 Å². The first kappa shape index (κ1) is 17.1. The molecule has 0 radical (unpaired) electrons. The van der Waals surface area contributed by atoms with E-state index in [1.54, 1.807) is 11.3 Å². The standard InChI is InChI=1S/C19H21F3N2S/c20-16-5-18(22)17(21)4-15(16)14-2-1-11(3-19(14)23)6-24-7-12-9-25-10-13(12)8-24/h4-5,9-11,14,19H,1-3,6-8,23H2/t11-,14?,19?/m0/s1. The zero-order valence-electron chi connectivity index (χ0n) is 13.9. The number of halogens is 3. The molecule has 2 aliphatic rings. The lowest BCUT2D eigenvalue weighted by Crippen LogP contribution is -2.39. The van der Waals surface area contributed by atoms with E-state index < -0.39 is 17.5 Å². The first-order chi connectivity index (χ1) is 12.0. The summed E-state index contributed by atoms with van der Waals surface area (Å²) in [5, 5.41) is 4.42. The first-order valence-corrected chi connectivity index (χ1v) is 9.62. The van der Waals surface area contributed by atoms with Gasteiger partial charge in [0.05, 0.1) is 0 Å². The molecule has 2 N–H and O–H groups in total. The molecular formula is C19H21F3N2S. The number of nitrogens with two attached hydrogens (primary N) is 1. The quantitative estimate of drug-likeness (QED) is 0.816. The topological polar surface area (TPSA) is 29.3 Å². The molecule has 6 heteroatoms. The summed E-state index contributed by atoms with van der Waals surface area (Å²) in [6.45, 7) is 2.97. The van der Waals surface area contributed by atoms with Crippen molar-refractivity contribution in [3.05, 3.63) is 57.0 Å². The van der Waals surface area contributed by atoms with Gasteiger partial charge in [-0.25, -0.2) is 13.2 Å². The SMILES string of the molecule is NC1C[C@@H](CN2Cc3cscc3C2)CCC1c1cc(F)c(F)cc1F. The van der Waals surface area contributed by atoms with Crippen molar-refractivity contribution in [1.82, 2.24) is 4.90 Å². The third-order valence-electron chi connectivity index (χ3n) is 5.58. The summed E-state index contributed by atoms with van der Waals surface area (Å²) in [6.07, 6.45) is 2.43. The Bertz CT molecular complexity index is 756. The van der Waals surface area contributed by atoms with Crippen molar-refractivity contribution in [2.75, 3.05) is 6.54 Å². The average molecular weight is 366 g/mol. The maximum absolute atomic E-state index is 14.1. The summed E-state index contributed by atoms with van der Waals surface area (Å²) in [4.78, 5) is 2.44. The average Bonchev–Trinajstić information content (AvgIpc) is 3.13. The van der Waals surface area contributed by atoms with E-state index in [1.165, 1.54) is 11.1 Å². The van der Waals surface area contributed by atoms with Crippen LogP contribution >= 0.6 is 11.3 Å². The Kier molecular flexibility index (Phi) is 4.60. The largest absolute Gasteiger partial charge is 0.327 e. The van der Waals surface area contributed by atoms with Crippen LogP contribution in [0.5, 0.6) is 0 Å². The summed E-state index contributed by atoms with van der Waals surface area (Å²) in [7, 11) is 0. The van der Waals surface area contributed by atoms with Crippen molar-refractivity contribution in [2.24, 2.45) is 11.7 Å². The molecule has 0 spiro atoms. The Morgan fingerprint density at radius 3 is 2.36 bits per heavy atom. The van der Waals surface area contributed by atoms with Gasteiger partial charge in [0.2, 0.25) is 0 Å². The van der Waals surface area contributed by atoms with Crippen LogP contribution in [-0.2, 0) is 13.1 Å². The lowest BCUT2D eigenvalue weighted by Gasteiger charge is -2.36. The van der Waals surface area contributed by atoms with Gasteiger partial charge < -0.3 is 5.73 Å². The second-order valence-corrected chi connectivity index (χ2v) is 8.07. The minimum Gasteiger partial charge on any atom is -0.327 e. The molecule has 1 fully saturated rings. The molecule has 1 aliphatic heterocycles. The molecule has 2 aromatic rings. The predicted molar refractivity (Wildman–Crippen MR) is 92.8 cm³/mol. The number of nitrogens with zero attached hydrogens (tertiary/aromatic N) is 1. The molecular weight excluding hydrogens is 345 g/mol. The molecule has 2 unspecified atom stereocenters. The van der Waals surface area contributed by atoms with Gasteiger partial charge >= 0.3 is 0 Å². The van der Waals surface area contributed by atoms with Gasteiger partial charge in [-0.1, -0.05) is 0 Å². The van der Waals surface area contributed by atoms with Crippen molar-refractivity contribution in [3.63, 3.8) is 0 Å². The summed E-state index contributed by atoms with van der Waals surface area (Å²) < 4.78 is 40.7. The van der Waals surface area contributed by atoms with Crippen LogP contribution in [0.15, 0.2) is 22.9 Å². The van der Waals surface area contributed by atoms with Crippen molar-refractivity contribution in [1.29, 1.82) is 0 Å². The summed E-state index contributed by atoms with van der Waals surface area (Å²) in [6, 6.07) is 1.38. The fourth-order valence-electron chi connectivity index (χ4n) is 4.33. The van der Waals surface area contributed by atoms with Gasteiger partial charge in [-0.15, -0.1) is 0 Å². The Morgan fingerprint density at radius 2 is 1.68 bits per heavy atom. The van der Waals surface area contributed by atoms with E-state index >= 15 is 0 Å². The number of thiophene rings is 1. The van der Waals surface area contributed by atoms with E-state index in [1.807, 2.05) is 0 Å². The number of hydrogen-bond acceptors (Lipinski definition) is 3. The Labute approximate surface area is 149 Å². The van der Waals surface area contributed by atoms with Crippen LogP contribution in [-0.4, -0.2) is 17.5 Å². The summed E-state index contributed by atoms with van der Waals surface area (Å²) in [5.41, 5.74) is 9.36. The van der Waals surface area contributed by atoms with Crippen molar-refractivity contribution < 1.29 is 13.2 Å². The Balaban J connectivity index is 1.39. The molecule has 0 saturated heterocycles. The highest BCUT2D eigenvalue weighted by molar-refractivity contribution is 7.08. The third-order valence-corrected chi connectivity index (χ3v) is 6.43. The molecule has 0 amide bonds. The second kappa shape index (κ2) is 6.74. The highest BCUT2D eigenvalue weighted by Crippen LogP contribution is 2.38. The van der Waals surface area contributed by atoms with Gasteiger partial charge in [0.25, 0.3) is 0 Å². The normalized spacial score (nSPS) is 26.8. The van der Waals surface area contributed by atoms with Gasteiger partial charge in [0.1, 0.15) is 5.82 Å². The number of hydrogen-bond donors (Lipinski definition) is 1. The molecule has 1 saturated carbocycles. The van der Waals surface area contributed by atoms with E-state index in [2.05, 4.69) is 15.7 Å². The molecule has 25 heavy (non-hydrogen) atoms. The first-order valence-electron chi connectivity index (χ1n) is 8.67. The minimum absolute atomic E-state index is 0.216. The van der Waals surface area contributed by atoms with E-state index in [0.29, 0.717) is 18.4 Å². The molecule has 3 atom stereocenters. The number of benzene rings is 1. The van der Waals surface area contributed by atoms with Gasteiger partial charge in [0, 0.05) is 37.7 Å². The van der Waals surface area contributed by atoms with Crippen LogP contribution in [0.25, 0.3) is 0 Å². The summed E-state index contributed by atoms with van der Waals surface area (Å²) >= 11 is 1.75. The monoisotopic (exact) mass is 366 g/mol. The lowest BCUT2D eigenvalue weighted by molar-refractivity contribution is 0.183. The molecule has 1 aromatic carbocycles. The van der Waals surface area contributed by atoms with Gasteiger partial charge in [-0.2, -0.15) is 11.3 Å². The molecule has 1 aromatic heterocycles. The fraction of sp³-hybridized carbons (Fsp3) is 0.474. The Hall–Kier alpha value is -1.37. The highest BCUT2D eigenvalue weighted by Gasteiger charge is 2.33. The second-order valence-electron chi connectivity index (χ2n) is 7.33. The van der Waals surface area contributed by atoms with Gasteiger partial charge in [-0.3, -0.25) is 4.90 Å². The van der Waals surface area contributed by atoms with Crippen molar-refractivity contribution in [2.45, 2.75) is 44.3 Å². The Morgan fingerprint density at radius 1 is 1.00 bits per heavy atom. The molecule has 1 aliphatic carbocycles. The van der Waals surface area contributed by atoms with Crippen LogP contribution in [0.2, 0.25) is 0 Å². The predicted octanol–water partition coefficient (Wildman–Crippen LogP) is 4.39. The van der Waals surface area contributed by atoms with Gasteiger partial charge in [-0.05, 0) is 58.7 Å². The van der Waals surface area contributed by atoms with Crippen LogP contribution in [0.3, 0.4) is 0 Å². The van der Waals surface area contributed by atoms with Crippen LogP contribution in [0.1, 0.15) is 41.9 Å². The molecule has 2 heterocycles. The number of fused-ring (bicyclic) bond motifs is 1. The zero-order valence-corrected chi connectivity index (χ0v) is 14.7. The van der Waals surface area contributed by atoms with Crippen molar-refractivity contribution in [3.8, 4) is 0 Å². The molecule has 0 bridgehead atoms. The third kappa shape index (κ3) is 3.35. The van der Waals surface area contributed by atoms with Crippen LogP contribution < -0.4 is 5.73 Å². The van der Waals surface area contributed by atoms with E-state index in [-0.39, 0.29) is 17.5 Å². The van der Waals surface area contributed by atoms with Crippen LogP contribution in [0, 0.1) is 23.4 Å². The zero-order chi connectivity index (χ0) is 17.6. The summed E-state index contributed by atoms with van der Waals surface area (Å²) in [5.74, 6) is -2.63. The van der Waals surface area contributed by atoms with E-state index in [9.17, 15) is 13.2 Å². The molecule has 4 rings (SSSR count). The van der Waals surface area contributed by atoms with Gasteiger partial charge in [0.15, 0.2) is 11.6 Å². The number of rotatable bonds is 3. The lowest BCUT2D eigenvalue weighted by atomic mass is 9.75. The molecule has 134 valence electrons. The fourth-order valence-corrected chi connectivity index (χ4v) is 5.18.